The van der Waals surface area contributed by atoms with Gasteiger partial charge in [0.2, 0.25) is 0 Å². The van der Waals surface area contributed by atoms with Gasteiger partial charge in [-0.2, -0.15) is 0 Å². The van der Waals surface area contributed by atoms with E-state index < -0.39 is 0 Å². The summed E-state index contributed by atoms with van der Waals surface area (Å²) < 4.78 is 2.89. The highest BCUT2D eigenvalue weighted by atomic mass is 79.9. The van der Waals surface area contributed by atoms with Crippen molar-refractivity contribution in [2.75, 3.05) is 5.73 Å². The summed E-state index contributed by atoms with van der Waals surface area (Å²) >= 11 is 3.45. The second kappa shape index (κ2) is 4.92. The maximum absolute atomic E-state index is 5.87. The van der Waals surface area contributed by atoms with Crippen molar-refractivity contribution in [3.05, 3.63) is 22.7 Å². The molecule has 0 amide bonds. The van der Waals surface area contributed by atoms with Crippen molar-refractivity contribution >= 4 is 21.6 Å². The van der Waals surface area contributed by atoms with Gasteiger partial charge in [-0.1, -0.05) is 29.3 Å². The first-order valence-corrected chi connectivity index (χ1v) is 7.32. The van der Waals surface area contributed by atoms with E-state index in [2.05, 4.69) is 38.4 Å². The number of nitrogens with zero attached hydrogens (tertiary/aromatic N) is 4. The molecular formula is C13H16BrN5. The number of hydrogen-bond acceptors (Lipinski definition) is 4. The van der Waals surface area contributed by atoms with E-state index in [-0.39, 0.29) is 0 Å². The molecule has 0 radical (unpaired) electrons. The van der Waals surface area contributed by atoms with Crippen LogP contribution in [0.5, 0.6) is 0 Å². The van der Waals surface area contributed by atoms with Crippen LogP contribution in [0.25, 0.3) is 11.4 Å². The molecule has 6 heteroatoms. The van der Waals surface area contributed by atoms with Crippen molar-refractivity contribution in [3.8, 4) is 11.4 Å². The summed E-state index contributed by atoms with van der Waals surface area (Å²) in [6.07, 6.45) is 3.63. The minimum absolute atomic E-state index is 0.449. The van der Waals surface area contributed by atoms with Gasteiger partial charge in [0, 0.05) is 15.7 Å². The molecule has 5 nitrogen and oxygen atoms in total. The van der Waals surface area contributed by atoms with E-state index >= 15 is 0 Å². The van der Waals surface area contributed by atoms with Crippen LogP contribution in [0.3, 0.4) is 0 Å². The zero-order chi connectivity index (χ0) is 13.4. The SMILES string of the molecule is CCCC1CC1n1nnnc1-c1cc(N)cc(Br)c1. The Bertz CT molecular complexity index is 574. The molecule has 1 aromatic heterocycles. The third-order valence-corrected chi connectivity index (χ3v) is 3.99. The summed E-state index contributed by atoms with van der Waals surface area (Å²) in [6, 6.07) is 6.22. The molecule has 0 saturated heterocycles. The number of anilines is 1. The Labute approximate surface area is 120 Å². The van der Waals surface area contributed by atoms with Gasteiger partial charge >= 0.3 is 0 Å². The average Bonchev–Trinajstić information content (AvgIpc) is 2.94. The first-order valence-electron chi connectivity index (χ1n) is 6.53. The largest absolute Gasteiger partial charge is 0.399 e. The van der Waals surface area contributed by atoms with Crippen molar-refractivity contribution in [2.24, 2.45) is 5.92 Å². The van der Waals surface area contributed by atoms with Gasteiger partial charge in [-0.05, 0) is 47.4 Å². The molecule has 1 aliphatic rings. The lowest BCUT2D eigenvalue weighted by molar-refractivity contribution is 0.548. The molecule has 3 rings (SSSR count). The maximum atomic E-state index is 5.87. The molecule has 1 heterocycles. The van der Waals surface area contributed by atoms with Crippen LogP contribution in [-0.2, 0) is 0 Å². The predicted molar refractivity (Wildman–Crippen MR) is 77.4 cm³/mol. The van der Waals surface area contributed by atoms with Crippen LogP contribution < -0.4 is 5.73 Å². The smallest absolute Gasteiger partial charge is 0.182 e. The van der Waals surface area contributed by atoms with E-state index in [0.717, 1.165) is 21.8 Å². The van der Waals surface area contributed by atoms with Crippen molar-refractivity contribution in [2.45, 2.75) is 32.2 Å². The molecule has 100 valence electrons. The second-order valence-electron chi connectivity index (χ2n) is 5.07. The second-order valence-corrected chi connectivity index (χ2v) is 5.99. The third kappa shape index (κ3) is 2.49. The van der Waals surface area contributed by atoms with E-state index in [4.69, 9.17) is 5.73 Å². The van der Waals surface area contributed by atoms with Gasteiger partial charge in [0.25, 0.3) is 0 Å². The summed E-state index contributed by atoms with van der Waals surface area (Å²) in [6.45, 7) is 2.21. The van der Waals surface area contributed by atoms with Gasteiger partial charge in [0.05, 0.1) is 6.04 Å². The van der Waals surface area contributed by atoms with Gasteiger partial charge in [0.1, 0.15) is 0 Å². The van der Waals surface area contributed by atoms with Crippen molar-refractivity contribution in [1.29, 1.82) is 0 Å². The summed E-state index contributed by atoms with van der Waals surface area (Å²) in [7, 11) is 0. The van der Waals surface area contributed by atoms with Gasteiger partial charge < -0.3 is 5.73 Å². The zero-order valence-corrected chi connectivity index (χ0v) is 12.3. The van der Waals surface area contributed by atoms with Crippen molar-refractivity contribution in [1.82, 2.24) is 20.2 Å². The quantitative estimate of drug-likeness (QED) is 0.879. The maximum Gasteiger partial charge on any atom is 0.182 e. The fourth-order valence-electron chi connectivity index (χ4n) is 2.56. The van der Waals surface area contributed by atoms with Crippen molar-refractivity contribution in [3.63, 3.8) is 0 Å². The zero-order valence-electron chi connectivity index (χ0n) is 10.8. The van der Waals surface area contributed by atoms with Crippen LogP contribution in [0.15, 0.2) is 22.7 Å². The van der Waals surface area contributed by atoms with Gasteiger partial charge in [-0.25, -0.2) is 4.68 Å². The topological polar surface area (TPSA) is 69.6 Å². The summed E-state index contributed by atoms with van der Waals surface area (Å²) in [5.41, 5.74) is 7.54. The van der Waals surface area contributed by atoms with Crippen LogP contribution in [-0.4, -0.2) is 20.2 Å². The van der Waals surface area contributed by atoms with Gasteiger partial charge in [-0.15, -0.1) is 5.10 Å². The van der Waals surface area contributed by atoms with E-state index in [9.17, 15) is 0 Å². The third-order valence-electron chi connectivity index (χ3n) is 3.53. The van der Waals surface area contributed by atoms with Crippen LogP contribution in [0.4, 0.5) is 5.69 Å². The Hall–Kier alpha value is -1.43. The monoisotopic (exact) mass is 321 g/mol. The number of aromatic nitrogens is 4. The number of hydrogen-bond donors (Lipinski definition) is 1. The Morgan fingerprint density at radius 1 is 1.42 bits per heavy atom. The molecule has 2 atom stereocenters. The minimum atomic E-state index is 0.449. The van der Waals surface area contributed by atoms with Crippen LogP contribution in [0.1, 0.15) is 32.2 Å². The summed E-state index contributed by atoms with van der Waals surface area (Å²) in [5.74, 6) is 1.52. The molecule has 1 aromatic carbocycles. The van der Waals surface area contributed by atoms with Gasteiger partial charge in [0.15, 0.2) is 5.82 Å². The molecule has 2 aromatic rings. The van der Waals surface area contributed by atoms with E-state index in [1.807, 2.05) is 22.9 Å². The minimum Gasteiger partial charge on any atom is -0.399 e. The van der Waals surface area contributed by atoms with Crippen LogP contribution in [0.2, 0.25) is 0 Å². The highest BCUT2D eigenvalue weighted by Crippen LogP contribution is 2.47. The fraction of sp³-hybridized carbons (Fsp3) is 0.462. The molecular weight excluding hydrogens is 306 g/mol. The molecule has 19 heavy (non-hydrogen) atoms. The Kier molecular flexibility index (Phi) is 3.26. The average molecular weight is 322 g/mol. The molecule has 0 aliphatic heterocycles. The number of nitrogen functional groups attached to an aromatic ring is 1. The molecule has 2 unspecified atom stereocenters. The molecule has 1 saturated carbocycles. The number of halogens is 1. The van der Waals surface area contributed by atoms with Gasteiger partial charge in [-0.3, -0.25) is 0 Å². The fourth-order valence-corrected chi connectivity index (χ4v) is 3.07. The molecule has 0 spiro atoms. The van der Waals surface area contributed by atoms with E-state index in [0.29, 0.717) is 11.7 Å². The molecule has 2 N–H and O–H groups in total. The Morgan fingerprint density at radius 2 is 2.26 bits per heavy atom. The number of rotatable bonds is 4. The summed E-state index contributed by atoms with van der Waals surface area (Å²) in [4.78, 5) is 0. The van der Waals surface area contributed by atoms with E-state index in [1.165, 1.54) is 19.3 Å². The molecule has 1 fully saturated rings. The Morgan fingerprint density at radius 3 is 3.00 bits per heavy atom. The first-order chi connectivity index (χ1) is 9.19. The lowest BCUT2D eigenvalue weighted by atomic mass is 10.2. The predicted octanol–water partition coefficient (Wildman–Crippen LogP) is 3.05. The first kappa shape index (κ1) is 12.6. The summed E-state index contributed by atoms with van der Waals surface area (Å²) in [5, 5.41) is 12.1. The number of nitrogens with two attached hydrogens (primary N) is 1. The highest BCUT2D eigenvalue weighted by Gasteiger charge is 2.40. The molecule has 1 aliphatic carbocycles. The lowest BCUT2D eigenvalue weighted by Crippen LogP contribution is -2.02. The Balaban J connectivity index is 1.92. The standard InChI is InChI=1S/C13H16BrN5/c1-2-3-8-6-12(8)19-13(16-17-18-19)9-4-10(14)7-11(15)5-9/h4-5,7-8,12H,2-3,6,15H2,1H3. The molecule has 0 bridgehead atoms. The number of benzene rings is 1. The van der Waals surface area contributed by atoms with Crippen LogP contribution >= 0.6 is 15.9 Å². The number of tetrazole rings is 1. The lowest BCUT2D eigenvalue weighted by Gasteiger charge is -2.05. The van der Waals surface area contributed by atoms with Crippen molar-refractivity contribution < 1.29 is 0 Å². The highest BCUT2D eigenvalue weighted by molar-refractivity contribution is 9.10. The van der Waals surface area contributed by atoms with Crippen LogP contribution in [0, 0.1) is 5.92 Å². The van der Waals surface area contributed by atoms with E-state index in [1.54, 1.807) is 0 Å². The normalized spacial score (nSPS) is 21.6.